The summed E-state index contributed by atoms with van der Waals surface area (Å²) in [5, 5.41) is 8.78. The lowest BCUT2D eigenvalue weighted by molar-refractivity contribution is 0.189. The fourth-order valence-electron chi connectivity index (χ4n) is 1.97. The molecule has 5 heteroatoms. The Labute approximate surface area is 89.5 Å². The Kier molecular flexibility index (Phi) is 3.35. The van der Waals surface area contributed by atoms with E-state index in [9.17, 15) is 0 Å². The quantitative estimate of drug-likeness (QED) is 0.697. The van der Waals surface area contributed by atoms with Crippen molar-refractivity contribution in [1.29, 1.82) is 0 Å². The highest BCUT2D eigenvalue weighted by Gasteiger charge is 2.17. The van der Waals surface area contributed by atoms with E-state index in [-0.39, 0.29) is 12.6 Å². The summed E-state index contributed by atoms with van der Waals surface area (Å²) in [6, 6.07) is 0.0662. The Bertz CT molecular complexity index is 312. The molecule has 0 aliphatic carbocycles. The standard InChI is InChI=1S/C10H18N4O/c11-9(1-6-15)7-13-4-5-14-3-2-12-10(14)8-13/h2-3,9,15H,1,4-8,11H2. The SMILES string of the molecule is NC(CCO)CN1CCn2ccnc2C1. The predicted octanol–water partition coefficient (Wildman–Crippen LogP) is -0.592. The van der Waals surface area contributed by atoms with Gasteiger partial charge in [-0.25, -0.2) is 4.98 Å². The molecule has 0 saturated heterocycles. The minimum absolute atomic E-state index is 0.0662. The van der Waals surface area contributed by atoms with Crippen LogP contribution in [0.1, 0.15) is 12.2 Å². The van der Waals surface area contributed by atoms with Gasteiger partial charge < -0.3 is 15.4 Å². The first-order valence-electron chi connectivity index (χ1n) is 5.38. The van der Waals surface area contributed by atoms with Crippen molar-refractivity contribution < 1.29 is 5.11 Å². The molecule has 0 fully saturated rings. The maximum Gasteiger partial charge on any atom is 0.122 e. The molecule has 2 heterocycles. The second-order valence-electron chi connectivity index (χ2n) is 4.04. The van der Waals surface area contributed by atoms with Crippen LogP contribution in [0.4, 0.5) is 0 Å². The van der Waals surface area contributed by atoms with Crippen LogP contribution < -0.4 is 5.73 Å². The van der Waals surface area contributed by atoms with Gasteiger partial charge in [0.2, 0.25) is 0 Å². The van der Waals surface area contributed by atoms with Crippen molar-refractivity contribution in [2.45, 2.75) is 25.6 Å². The van der Waals surface area contributed by atoms with Crippen molar-refractivity contribution in [3.05, 3.63) is 18.2 Å². The molecule has 0 amide bonds. The van der Waals surface area contributed by atoms with Crippen LogP contribution in [0.15, 0.2) is 12.4 Å². The topological polar surface area (TPSA) is 67.3 Å². The molecule has 2 rings (SSSR count). The van der Waals surface area contributed by atoms with Gasteiger partial charge in [-0.2, -0.15) is 0 Å². The van der Waals surface area contributed by atoms with Gasteiger partial charge in [-0.1, -0.05) is 0 Å². The summed E-state index contributed by atoms with van der Waals surface area (Å²) in [5.74, 6) is 1.11. The molecule has 0 saturated carbocycles. The summed E-state index contributed by atoms with van der Waals surface area (Å²) in [6.07, 6.45) is 4.53. The van der Waals surface area contributed by atoms with Crippen LogP contribution in [0, 0.1) is 0 Å². The number of imidazole rings is 1. The monoisotopic (exact) mass is 210 g/mol. The van der Waals surface area contributed by atoms with E-state index in [0.717, 1.165) is 32.0 Å². The molecule has 15 heavy (non-hydrogen) atoms. The fraction of sp³-hybridized carbons (Fsp3) is 0.700. The van der Waals surface area contributed by atoms with E-state index in [1.165, 1.54) is 0 Å². The van der Waals surface area contributed by atoms with Crippen LogP contribution in [0.2, 0.25) is 0 Å². The smallest absolute Gasteiger partial charge is 0.122 e. The third kappa shape index (κ3) is 2.56. The van der Waals surface area contributed by atoms with E-state index >= 15 is 0 Å². The Morgan fingerprint density at radius 3 is 3.20 bits per heavy atom. The van der Waals surface area contributed by atoms with Crippen molar-refractivity contribution in [3.63, 3.8) is 0 Å². The maximum absolute atomic E-state index is 8.78. The maximum atomic E-state index is 8.78. The third-order valence-corrected chi connectivity index (χ3v) is 2.82. The van der Waals surface area contributed by atoms with Crippen LogP contribution in [0.5, 0.6) is 0 Å². The van der Waals surface area contributed by atoms with Gasteiger partial charge in [0.1, 0.15) is 5.82 Å². The Balaban J connectivity index is 1.87. The first-order chi connectivity index (χ1) is 7.29. The Hall–Kier alpha value is -0.910. The van der Waals surface area contributed by atoms with Gasteiger partial charge >= 0.3 is 0 Å². The van der Waals surface area contributed by atoms with Crippen LogP contribution >= 0.6 is 0 Å². The van der Waals surface area contributed by atoms with Crippen molar-refractivity contribution in [2.24, 2.45) is 5.73 Å². The van der Waals surface area contributed by atoms with E-state index in [0.29, 0.717) is 6.42 Å². The molecule has 1 aliphatic heterocycles. The Morgan fingerprint density at radius 1 is 1.53 bits per heavy atom. The second kappa shape index (κ2) is 4.74. The lowest BCUT2D eigenvalue weighted by atomic mass is 10.2. The minimum atomic E-state index is 0.0662. The first-order valence-corrected chi connectivity index (χ1v) is 5.38. The van der Waals surface area contributed by atoms with Gasteiger partial charge in [0.05, 0.1) is 6.54 Å². The number of aliphatic hydroxyl groups is 1. The first kappa shape index (κ1) is 10.6. The number of fused-ring (bicyclic) bond motifs is 1. The highest BCUT2D eigenvalue weighted by atomic mass is 16.3. The van der Waals surface area contributed by atoms with Crippen LogP contribution in [0.25, 0.3) is 0 Å². The summed E-state index contributed by atoms with van der Waals surface area (Å²) >= 11 is 0. The van der Waals surface area contributed by atoms with E-state index in [4.69, 9.17) is 10.8 Å². The molecular weight excluding hydrogens is 192 g/mol. The molecule has 5 nitrogen and oxygen atoms in total. The number of hydrogen-bond donors (Lipinski definition) is 2. The van der Waals surface area contributed by atoms with Crippen molar-refractivity contribution in [1.82, 2.24) is 14.5 Å². The summed E-state index contributed by atoms with van der Waals surface area (Å²) in [5.41, 5.74) is 5.88. The van der Waals surface area contributed by atoms with Crippen LogP contribution in [-0.2, 0) is 13.1 Å². The van der Waals surface area contributed by atoms with Crippen molar-refractivity contribution in [3.8, 4) is 0 Å². The summed E-state index contributed by atoms with van der Waals surface area (Å²) in [4.78, 5) is 6.59. The van der Waals surface area contributed by atoms with Crippen molar-refractivity contribution in [2.75, 3.05) is 19.7 Å². The molecule has 1 aromatic heterocycles. The van der Waals surface area contributed by atoms with Crippen LogP contribution in [0.3, 0.4) is 0 Å². The number of aliphatic hydroxyl groups excluding tert-OH is 1. The van der Waals surface area contributed by atoms with Crippen LogP contribution in [-0.4, -0.2) is 45.3 Å². The molecule has 0 bridgehead atoms. The molecular formula is C10H18N4O. The number of hydrogen-bond acceptors (Lipinski definition) is 4. The molecule has 0 spiro atoms. The van der Waals surface area contributed by atoms with Crippen molar-refractivity contribution >= 4 is 0 Å². The normalized spacial score (nSPS) is 18.8. The van der Waals surface area contributed by atoms with Gasteiger partial charge in [0, 0.05) is 44.7 Å². The highest BCUT2D eigenvalue weighted by Crippen LogP contribution is 2.10. The minimum Gasteiger partial charge on any atom is -0.396 e. The van der Waals surface area contributed by atoms with E-state index in [2.05, 4.69) is 14.5 Å². The Morgan fingerprint density at radius 2 is 2.40 bits per heavy atom. The van der Waals surface area contributed by atoms with Gasteiger partial charge in [-0.3, -0.25) is 4.90 Å². The second-order valence-corrected chi connectivity index (χ2v) is 4.04. The lowest BCUT2D eigenvalue weighted by Gasteiger charge is -2.29. The molecule has 0 radical (unpaired) electrons. The fourth-order valence-corrected chi connectivity index (χ4v) is 1.97. The average Bonchev–Trinajstić information content (AvgIpc) is 2.65. The average molecular weight is 210 g/mol. The van der Waals surface area contributed by atoms with E-state index in [1.807, 2.05) is 12.4 Å². The summed E-state index contributed by atoms with van der Waals surface area (Å²) in [6.45, 7) is 3.88. The molecule has 84 valence electrons. The number of aromatic nitrogens is 2. The molecule has 1 aliphatic rings. The third-order valence-electron chi connectivity index (χ3n) is 2.82. The van der Waals surface area contributed by atoms with Gasteiger partial charge in [0.15, 0.2) is 0 Å². The number of nitrogens with two attached hydrogens (primary N) is 1. The highest BCUT2D eigenvalue weighted by molar-refractivity contribution is 4.95. The predicted molar refractivity (Wildman–Crippen MR) is 57.2 cm³/mol. The van der Waals surface area contributed by atoms with E-state index < -0.39 is 0 Å². The zero-order valence-corrected chi connectivity index (χ0v) is 8.84. The zero-order valence-electron chi connectivity index (χ0n) is 8.84. The van der Waals surface area contributed by atoms with E-state index in [1.54, 1.807) is 0 Å². The molecule has 1 unspecified atom stereocenters. The zero-order chi connectivity index (χ0) is 10.7. The van der Waals surface area contributed by atoms with Gasteiger partial charge in [-0.15, -0.1) is 0 Å². The molecule has 0 aromatic carbocycles. The number of nitrogens with zero attached hydrogens (tertiary/aromatic N) is 3. The number of rotatable bonds is 4. The molecule has 3 N–H and O–H groups in total. The van der Waals surface area contributed by atoms with Gasteiger partial charge in [0.25, 0.3) is 0 Å². The summed E-state index contributed by atoms with van der Waals surface area (Å²) in [7, 11) is 0. The molecule has 1 aromatic rings. The summed E-state index contributed by atoms with van der Waals surface area (Å²) < 4.78 is 2.17. The largest absolute Gasteiger partial charge is 0.396 e. The lowest BCUT2D eigenvalue weighted by Crippen LogP contribution is -2.42. The van der Waals surface area contributed by atoms with Gasteiger partial charge in [-0.05, 0) is 6.42 Å². The molecule has 1 atom stereocenters.